The largest absolute Gasteiger partial charge is 0.369 e. The van der Waals surface area contributed by atoms with Crippen LogP contribution in [-0.2, 0) is 16.6 Å². The molecule has 0 heterocycles. The summed E-state index contributed by atoms with van der Waals surface area (Å²) < 4.78 is 0. The van der Waals surface area contributed by atoms with E-state index in [0.717, 1.165) is 19.3 Å². The van der Waals surface area contributed by atoms with Crippen molar-refractivity contribution in [2.75, 3.05) is 0 Å². The first kappa shape index (κ1) is 11.3. The monoisotopic (exact) mass is 253 g/mol. The third-order valence-electron chi connectivity index (χ3n) is 5.67. The van der Waals surface area contributed by atoms with E-state index in [2.05, 4.69) is 30.4 Å². The van der Waals surface area contributed by atoms with E-state index in [9.17, 15) is 4.79 Å². The van der Waals surface area contributed by atoms with Crippen molar-refractivity contribution >= 4 is 12.0 Å². The van der Waals surface area contributed by atoms with Crippen LogP contribution >= 0.6 is 0 Å². The summed E-state index contributed by atoms with van der Waals surface area (Å²) in [5, 5.41) is 0. The number of carbonyl (C=O) groups excluding carboxylic acids is 1. The fourth-order valence-electron chi connectivity index (χ4n) is 4.60. The maximum atomic E-state index is 12.4. The topological polar surface area (TPSA) is 43.1 Å². The third kappa shape index (κ3) is 1.24. The smallest absolute Gasteiger partial charge is 0.228 e. The molecule has 2 N–H and O–H groups in total. The predicted octanol–water partition coefficient (Wildman–Crippen LogP) is 2.94. The molecule has 0 aromatic heterocycles. The van der Waals surface area contributed by atoms with Gasteiger partial charge in [0.05, 0.1) is 5.41 Å². The number of primary amides is 1. The van der Waals surface area contributed by atoms with E-state index in [4.69, 9.17) is 5.73 Å². The second-order valence-corrected chi connectivity index (χ2v) is 6.39. The Kier molecular flexibility index (Phi) is 2.08. The van der Waals surface area contributed by atoms with E-state index in [0.29, 0.717) is 0 Å². The first-order chi connectivity index (χ1) is 9.20. The lowest BCUT2D eigenvalue weighted by atomic mass is 9.67. The molecule has 3 aliphatic carbocycles. The van der Waals surface area contributed by atoms with Gasteiger partial charge in [-0.1, -0.05) is 36.8 Å². The van der Waals surface area contributed by atoms with Crippen LogP contribution in [0.15, 0.2) is 24.3 Å². The number of amides is 1. The Hall–Kier alpha value is -1.57. The van der Waals surface area contributed by atoms with Crippen LogP contribution in [0, 0.1) is 5.41 Å². The second-order valence-electron chi connectivity index (χ2n) is 6.39. The Morgan fingerprint density at radius 1 is 1.16 bits per heavy atom. The van der Waals surface area contributed by atoms with Crippen molar-refractivity contribution in [1.29, 1.82) is 0 Å². The molecule has 1 spiro atoms. The molecule has 1 atom stereocenters. The minimum Gasteiger partial charge on any atom is -0.369 e. The number of rotatable bonds is 2. The molecule has 1 aromatic carbocycles. The normalized spacial score (nSPS) is 29.7. The Morgan fingerprint density at radius 2 is 2.00 bits per heavy atom. The molecule has 1 aromatic rings. The van der Waals surface area contributed by atoms with Gasteiger partial charge in [0.25, 0.3) is 0 Å². The van der Waals surface area contributed by atoms with Gasteiger partial charge in [0.15, 0.2) is 0 Å². The molecule has 3 aliphatic rings. The van der Waals surface area contributed by atoms with Crippen LogP contribution in [0.3, 0.4) is 0 Å². The Bertz CT molecular complexity index is 597. The zero-order valence-electron chi connectivity index (χ0n) is 11.1. The number of hydrogen-bond donors (Lipinski definition) is 1. The summed E-state index contributed by atoms with van der Waals surface area (Å²) in [6, 6.07) is 6.41. The number of carbonyl (C=O) groups is 1. The first-order valence-electron chi connectivity index (χ1n) is 7.28. The van der Waals surface area contributed by atoms with E-state index < -0.39 is 5.41 Å². The van der Waals surface area contributed by atoms with E-state index in [1.54, 1.807) is 0 Å². The molecular formula is C17H19NO. The molecule has 1 amide bonds. The van der Waals surface area contributed by atoms with Gasteiger partial charge in [0.2, 0.25) is 5.91 Å². The van der Waals surface area contributed by atoms with Crippen molar-refractivity contribution in [3.8, 4) is 0 Å². The molecule has 0 saturated heterocycles. The summed E-state index contributed by atoms with van der Waals surface area (Å²) in [7, 11) is 0. The van der Waals surface area contributed by atoms with Gasteiger partial charge < -0.3 is 5.73 Å². The maximum Gasteiger partial charge on any atom is 0.228 e. The molecule has 2 nitrogen and oxygen atoms in total. The van der Waals surface area contributed by atoms with Crippen LogP contribution in [0.5, 0.6) is 0 Å². The van der Waals surface area contributed by atoms with Gasteiger partial charge >= 0.3 is 0 Å². The summed E-state index contributed by atoms with van der Waals surface area (Å²) in [6.45, 7) is 0. The summed E-state index contributed by atoms with van der Waals surface area (Å²) in [5.41, 5.74) is 9.53. The number of nitrogens with two attached hydrogens (primary N) is 1. The highest BCUT2D eigenvalue weighted by molar-refractivity contribution is 5.91. The van der Waals surface area contributed by atoms with Gasteiger partial charge in [-0.25, -0.2) is 0 Å². The first-order valence-corrected chi connectivity index (χ1v) is 7.28. The Labute approximate surface area is 113 Å². The molecule has 2 heteroatoms. The summed E-state index contributed by atoms with van der Waals surface area (Å²) in [6.07, 6.45) is 10.9. The van der Waals surface area contributed by atoms with Crippen LogP contribution in [0.1, 0.15) is 48.8 Å². The van der Waals surface area contributed by atoms with Crippen LogP contribution in [0.4, 0.5) is 0 Å². The lowest BCUT2D eigenvalue weighted by Gasteiger charge is -2.35. The fraction of sp³-hybridized carbons (Fsp3) is 0.471. The van der Waals surface area contributed by atoms with Crippen molar-refractivity contribution in [2.45, 2.75) is 43.9 Å². The van der Waals surface area contributed by atoms with Gasteiger partial charge in [0.1, 0.15) is 0 Å². The highest BCUT2D eigenvalue weighted by Crippen LogP contribution is 2.68. The van der Waals surface area contributed by atoms with E-state index >= 15 is 0 Å². The van der Waals surface area contributed by atoms with E-state index in [1.807, 2.05) is 0 Å². The average Bonchev–Trinajstić information content (AvgIpc) is 2.87. The van der Waals surface area contributed by atoms with Crippen molar-refractivity contribution in [3.63, 3.8) is 0 Å². The predicted molar refractivity (Wildman–Crippen MR) is 75.6 cm³/mol. The minimum absolute atomic E-state index is 0.101. The third-order valence-corrected chi connectivity index (χ3v) is 5.67. The molecule has 4 rings (SSSR count). The number of allylic oxidation sites excluding steroid dienone is 1. The molecule has 0 aliphatic heterocycles. The highest BCUT2D eigenvalue weighted by Gasteiger charge is 2.65. The van der Waals surface area contributed by atoms with Crippen molar-refractivity contribution in [2.24, 2.45) is 11.1 Å². The molecule has 2 fully saturated rings. The van der Waals surface area contributed by atoms with Crippen molar-refractivity contribution in [1.82, 2.24) is 0 Å². The fourth-order valence-corrected chi connectivity index (χ4v) is 4.60. The SMILES string of the molecule is NC(=O)C1(c2cccc3c2C=CC3)CCCC12CC2. The van der Waals surface area contributed by atoms with Crippen molar-refractivity contribution < 1.29 is 4.79 Å². The molecule has 1 unspecified atom stereocenters. The van der Waals surface area contributed by atoms with Gasteiger partial charge in [-0.2, -0.15) is 0 Å². The molecule has 19 heavy (non-hydrogen) atoms. The van der Waals surface area contributed by atoms with E-state index in [-0.39, 0.29) is 11.3 Å². The van der Waals surface area contributed by atoms with Gasteiger partial charge in [-0.15, -0.1) is 0 Å². The lowest BCUT2D eigenvalue weighted by molar-refractivity contribution is -0.125. The average molecular weight is 253 g/mol. The zero-order valence-corrected chi connectivity index (χ0v) is 11.1. The number of fused-ring (bicyclic) bond motifs is 1. The number of hydrogen-bond acceptors (Lipinski definition) is 1. The van der Waals surface area contributed by atoms with Crippen LogP contribution in [0.25, 0.3) is 6.08 Å². The van der Waals surface area contributed by atoms with Crippen LogP contribution in [-0.4, -0.2) is 5.91 Å². The Balaban J connectivity index is 1.97. The standard InChI is InChI=1S/C17H19NO/c18-15(19)17(9-3-8-16(17)10-11-16)14-7-2-5-12-4-1-6-13(12)14/h1-2,5-7H,3-4,8-11H2,(H2,18,19). The molecule has 98 valence electrons. The van der Waals surface area contributed by atoms with Gasteiger partial charge in [0, 0.05) is 0 Å². The van der Waals surface area contributed by atoms with E-state index in [1.165, 1.54) is 36.0 Å². The second kappa shape index (κ2) is 3.50. The van der Waals surface area contributed by atoms with Gasteiger partial charge in [-0.05, 0) is 54.2 Å². The van der Waals surface area contributed by atoms with Crippen LogP contribution < -0.4 is 5.73 Å². The summed E-state index contributed by atoms with van der Waals surface area (Å²) in [5.74, 6) is -0.101. The van der Waals surface area contributed by atoms with Gasteiger partial charge in [-0.3, -0.25) is 4.79 Å². The quantitative estimate of drug-likeness (QED) is 0.865. The minimum atomic E-state index is -0.396. The number of benzene rings is 1. The molecular weight excluding hydrogens is 234 g/mol. The van der Waals surface area contributed by atoms with Crippen LogP contribution in [0.2, 0.25) is 0 Å². The Morgan fingerprint density at radius 3 is 2.74 bits per heavy atom. The highest BCUT2D eigenvalue weighted by atomic mass is 16.1. The molecule has 2 saturated carbocycles. The maximum absolute atomic E-state index is 12.4. The lowest BCUT2D eigenvalue weighted by Crippen LogP contribution is -2.46. The van der Waals surface area contributed by atoms with Crippen molar-refractivity contribution in [3.05, 3.63) is 41.0 Å². The molecule has 0 bridgehead atoms. The molecule has 0 radical (unpaired) electrons. The summed E-state index contributed by atoms with van der Waals surface area (Å²) >= 11 is 0. The zero-order chi connectivity index (χ0) is 13.1. The summed E-state index contributed by atoms with van der Waals surface area (Å²) in [4.78, 5) is 12.4.